The van der Waals surface area contributed by atoms with Gasteiger partial charge in [-0.3, -0.25) is 4.79 Å². The molecule has 1 heterocycles. The van der Waals surface area contributed by atoms with Crippen molar-refractivity contribution in [2.45, 2.75) is 45.3 Å². The molecule has 6 heteroatoms. The van der Waals surface area contributed by atoms with E-state index in [0.29, 0.717) is 18.6 Å². The summed E-state index contributed by atoms with van der Waals surface area (Å²) >= 11 is 5.76. The smallest absolute Gasteiger partial charge is 0.250 e. The highest BCUT2D eigenvalue weighted by molar-refractivity contribution is 6.74. The van der Waals surface area contributed by atoms with E-state index in [9.17, 15) is 4.79 Å². The lowest BCUT2D eigenvalue weighted by molar-refractivity contribution is 0.1000. The maximum Gasteiger partial charge on any atom is 0.250 e. The number of hydrogen-bond acceptors (Lipinski definition) is 3. The molecule has 1 aromatic heterocycles. The number of halogens is 1. The predicted octanol–water partition coefficient (Wildman–Crippen LogP) is 3.60. The Labute approximate surface area is 138 Å². The number of carbonyl (C=O) groups is 1. The van der Waals surface area contributed by atoms with Crippen LogP contribution in [0.5, 0.6) is 0 Å². The van der Waals surface area contributed by atoms with Crippen molar-refractivity contribution in [3.05, 3.63) is 28.5 Å². The second-order valence-corrected chi connectivity index (χ2v) is 11.8. The molecule has 0 radical (unpaired) electrons. The highest BCUT2D eigenvalue weighted by atomic mass is 35.5. The van der Waals surface area contributed by atoms with Crippen molar-refractivity contribution in [3.8, 4) is 11.8 Å². The first kappa shape index (κ1) is 18.7. The summed E-state index contributed by atoms with van der Waals surface area (Å²) in [4.78, 5) is 15.3. The Kier molecular flexibility index (Phi) is 6.18. The maximum absolute atomic E-state index is 11.4. The molecule has 0 aliphatic rings. The summed E-state index contributed by atoms with van der Waals surface area (Å²) in [7, 11) is -1.74. The highest BCUT2D eigenvalue weighted by Gasteiger charge is 2.36. The van der Waals surface area contributed by atoms with Crippen LogP contribution in [0.4, 0.5) is 0 Å². The summed E-state index contributed by atoms with van der Waals surface area (Å²) in [6.45, 7) is 11.6. The van der Waals surface area contributed by atoms with Crippen LogP contribution in [0, 0.1) is 11.8 Å². The van der Waals surface area contributed by atoms with E-state index in [0.717, 1.165) is 0 Å². The SMILES string of the molecule is CC(C)(C)[Si](C)(C)OCCC#Cc1cnc(Cl)cc1C(N)=O. The van der Waals surface area contributed by atoms with Gasteiger partial charge < -0.3 is 10.2 Å². The number of rotatable bonds is 4. The number of carbonyl (C=O) groups excluding carboxylic acids is 1. The van der Waals surface area contributed by atoms with Gasteiger partial charge in [-0.25, -0.2) is 4.98 Å². The van der Waals surface area contributed by atoms with Gasteiger partial charge in [0.2, 0.25) is 5.91 Å². The molecule has 0 atom stereocenters. The minimum Gasteiger partial charge on any atom is -0.416 e. The lowest BCUT2D eigenvalue weighted by Crippen LogP contribution is -2.40. The molecule has 0 unspecified atom stereocenters. The van der Waals surface area contributed by atoms with E-state index in [1.807, 2.05) is 0 Å². The third kappa shape index (κ3) is 5.13. The summed E-state index contributed by atoms with van der Waals surface area (Å²) in [6, 6.07) is 1.43. The zero-order valence-electron chi connectivity index (χ0n) is 13.8. The van der Waals surface area contributed by atoms with Crippen LogP contribution in [0.3, 0.4) is 0 Å². The maximum atomic E-state index is 11.4. The van der Waals surface area contributed by atoms with Crippen molar-refractivity contribution in [2.24, 2.45) is 5.73 Å². The van der Waals surface area contributed by atoms with Crippen LogP contribution in [0.15, 0.2) is 12.3 Å². The van der Waals surface area contributed by atoms with E-state index in [-0.39, 0.29) is 15.8 Å². The number of amides is 1. The predicted molar refractivity (Wildman–Crippen MR) is 92.4 cm³/mol. The number of pyridine rings is 1. The van der Waals surface area contributed by atoms with Gasteiger partial charge in [-0.05, 0) is 24.2 Å². The van der Waals surface area contributed by atoms with E-state index >= 15 is 0 Å². The minimum atomic E-state index is -1.74. The van der Waals surface area contributed by atoms with E-state index in [1.165, 1.54) is 12.3 Å². The first-order valence-corrected chi connectivity index (χ1v) is 10.4. The molecule has 0 spiro atoms. The molecule has 0 fully saturated rings. The lowest BCUT2D eigenvalue weighted by atomic mass is 10.1. The topological polar surface area (TPSA) is 65.2 Å². The van der Waals surface area contributed by atoms with Crippen molar-refractivity contribution in [1.82, 2.24) is 4.98 Å². The third-order valence-electron chi connectivity index (χ3n) is 3.86. The summed E-state index contributed by atoms with van der Waals surface area (Å²) in [6.07, 6.45) is 2.05. The molecule has 1 rings (SSSR count). The van der Waals surface area contributed by atoms with E-state index in [1.54, 1.807) is 0 Å². The van der Waals surface area contributed by atoms with Gasteiger partial charge in [0.25, 0.3) is 0 Å². The number of primary amides is 1. The Bertz CT molecular complexity index is 613. The van der Waals surface area contributed by atoms with E-state index < -0.39 is 14.2 Å². The molecule has 0 saturated carbocycles. The fourth-order valence-electron chi connectivity index (χ4n) is 1.46. The van der Waals surface area contributed by atoms with Crippen LogP contribution in [-0.4, -0.2) is 25.8 Å². The van der Waals surface area contributed by atoms with Crippen LogP contribution in [0.25, 0.3) is 0 Å². The van der Waals surface area contributed by atoms with Crippen LogP contribution < -0.4 is 5.73 Å². The molecule has 1 amide bonds. The van der Waals surface area contributed by atoms with Crippen molar-refractivity contribution in [3.63, 3.8) is 0 Å². The first-order chi connectivity index (χ1) is 10.0. The van der Waals surface area contributed by atoms with Crippen LogP contribution in [0.2, 0.25) is 23.3 Å². The van der Waals surface area contributed by atoms with E-state index in [4.69, 9.17) is 21.8 Å². The van der Waals surface area contributed by atoms with Crippen LogP contribution >= 0.6 is 11.6 Å². The Hall–Kier alpha value is -1.35. The number of aromatic nitrogens is 1. The summed E-state index contributed by atoms with van der Waals surface area (Å²) in [5.74, 6) is 5.34. The largest absolute Gasteiger partial charge is 0.416 e. The van der Waals surface area contributed by atoms with Gasteiger partial charge in [-0.2, -0.15) is 0 Å². The fraction of sp³-hybridized carbons (Fsp3) is 0.500. The van der Waals surface area contributed by atoms with Crippen molar-refractivity contribution in [1.29, 1.82) is 0 Å². The van der Waals surface area contributed by atoms with Crippen molar-refractivity contribution < 1.29 is 9.22 Å². The molecule has 2 N–H and O–H groups in total. The number of hydrogen-bond donors (Lipinski definition) is 1. The monoisotopic (exact) mass is 338 g/mol. The van der Waals surface area contributed by atoms with Gasteiger partial charge in [-0.1, -0.05) is 44.2 Å². The molecule has 0 aliphatic carbocycles. The molecule has 0 saturated heterocycles. The molecule has 22 heavy (non-hydrogen) atoms. The Morgan fingerprint density at radius 3 is 2.64 bits per heavy atom. The van der Waals surface area contributed by atoms with E-state index in [2.05, 4.69) is 50.7 Å². The molecule has 4 nitrogen and oxygen atoms in total. The van der Waals surface area contributed by atoms with Gasteiger partial charge >= 0.3 is 0 Å². The van der Waals surface area contributed by atoms with Crippen LogP contribution in [0.1, 0.15) is 43.1 Å². The zero-order chi connectivity index (χ0) is 17.0. The Morgan fingerprint density at radius 1 is 1.45 bits per heavy atom. The molecular formula is C16H23ClN2O2Si. The molecule has 1 aromatic rings. The zero-order valence-corrected chi connectivity index (χ0v) is 15.5. The third-order valence-corrected chi connectivity index (χ3v) is 8.60. The number of nitrogens with zero attached hydrogens (tertiary/aromatic N) is 1. The van der Waals surface area contributed by atoms with Gasteiger partial charge in [-0.15, -0.1) is 0 Å². The molecule has 0 aliphatic heterocycles. The van der Waals surface area contributed by atoms with Gasteiger partial charge in [0.1, 0.15) is 5.15 Å². The molecule has 120 valence electrons. The Morgan fingerprint density at radius 2 is 2.09 bits per heavy atom. The quantitative estimate of drug-likeness (QED) is 0.395. The number of nitrogens with two attached hydrogens (primary N) is 1. The van der Waals surface area contributed by atoms with Crippen LogP contribution in [-0.2, 0) is 4.43 Å². The van der Waals surface area contributed by atoms with Crippen molar-refractivity contribution in [2.75, 3.05) is 6.61 Å². The lowest BCUT2D eigenvalue weighted by Gasteiger charge is -2.35. The summed E-state index contributed by atoms with van der Waals surface area (Å²) < 4.78 is 6.04. The average Bonchev–Trinajstić information content (AvgIpc) is 2.38. The average molecular weight is 339 g/mol. The summed E-state index contributed by atoms with van der Waals surface area (Å²) in [5, 5.41) is 0.403. The van der Waals surface area contributed by atoms with Gasteiger partial charge in [0.15, 0.2) is 8.32 Å². The highest BCUT2D eigenvalue weighted by Crippen LogP contribution is 2.36. The summed E-state index contributed by atoms with van der Waals surface area (Å²) in [5.41, 5.74) is 6.09. The second-order valence-electron chi connectivity index (χ2n) is 6.58. The molecular weight excluding hydrogens is 316 g/mol. The van der Waals surface area contributed by atoms with Crippen molar-refractivity contribution >= 4 is 25.8 Å². The van der Waals surface area contributed by atoms with Gasteiger partial charge in [0.05, 0.1) is 11.1 Å². The molecule has 0 bridgehead atoms. The minimum absolute atomic E-state index is 0.180. The second kappa shape index (κ2) is 7.27. The fourth-order valence-corrected chi connectivity index (χ4v) is 2.67. The molecule has 0 aromatic carbocycles. The Balaban J connectivity index is 2.69. The normalized spacial score (nSPS) is 11.7. The standard InChI is InChI=1S/C16H23ClN2O2Si/c1-16(2,3)22(4,5)21-9-7-6-8-12-11-19-14(17)10-13(12)15(18)20/h10-11H,7,9H2,1-5H3,(H2,18,20). The van der Waals surface area contributed by atoms with Gasteiger partial charge in [0, 0.05) is 19.2 Å². The first-order valence-electron chi connectivity index (χ1n) is 7.13.